The zero-order chi connectivity index (χ0) is 24.0. The lowest BCUT2D eigenvalue weighted by Crippen LogP contribution is -2.32. The molecule has 2 amide bonds. The van der Waals surface area contributed by atoms with Gasteiger partial charge in [0.2, 0.25) is 0 Å². The van der Waals surface area contributed by atoms with Crippen molar-refractivity contribution < 1.29 is 24.0 Å². The van der Waals surface area contributed by atoms with Crippen LogP contribution in [0.5, 0.6) is 0 Å². The number of hydrogen-bond acceptors (Lipinski definition) is 8. The maximum absolute atomic E-state index is 12.2. The summed E-state index contributed by atoms with van der Waals surface area (Å²) in [6, 6.07) is 5.63. The standard InChI is InChI=1S/C21H19ClN4O6S/c22-15-7-6-12(8-16(15)26(30)31)20(29)24-10-19(28)32-11-18(27)25-21-14(9-23)13-4-2-1-3-5-17(13)33-21/h6-8H,1-5,10-11H2,(H,24,29)(H,25,27). The highest BCUT2D eigenvalue weighted by Gasteiger charge is 2.22. The van der Waals surface area contributed by atoms with Crippen LogP contribution in [-0.4, -0.2) is 35.9 Å². The number of benzene rings is 1. The number of nitro benzene ring substituents is 1. The van der Waals surface area contributed by atoms with E-state index in [0.29, 0.717) is 10.6 Å². The third kappa shape index (κ3) is 6.06. The number of anilines is 1. The fourth-order valence-electron chi connectivity index (χ4n) is 3.36. The Morgan fingerprint density at radius 3 is 2.73 bits per heavy atom. The van der Waals surface area contributed by atoms with Crippen LogP contribution in [0.3, 0.4) is 0 Å². The number of fused-ring (bicyclic) bond motifs is 1. The highest BCUT2D eigenvalue weighted by atomic mass is 35.5. The van der Waals surface area contributed by atoms with E-state index in [1.165, 1.54) is 23.5 Å². The number of nitrogens with one attached hydrogen (secondary N) is 2. The molecule has 1 aromatic heterocycles. The van der Waals surface area contributed by atoms with Gasteiger partial charge in [-0.3, -0.25) is 24.5 Å². The molecule has 3 rings (SSSR count). The summed E-state index contributed by atoms with van der Waals surface area (Å²) in [6.45, 7) is -1.13. The van der Waals surface area contributed by atoms with Gasteiger partial charge in [0.1, 0.15) is 22.6 Å². The molecule has 0 bridgehead atoms. The number of carbonyl (C=O) groups excluding carboxylic acids is 3. The molecular formula is C21H19ClN4O6S. The van der Waals surface area contributed by atoms with Crippen LogP contribution in [0.4, 0.5) is 10.7 Å². The van der Waals surface area contributed by atoms with Gasteiger partial charge in [0.05, 0.1) is 10.5 Å². The van der Waals surface area contributed by atoms with E-state index in [9.17, 15) is 29.8 Å². The van der Waals surface area contributed by atoms with Gasteiger partial charge in [-0.2, -0.15) is 5.26 Å². The molecule has 10 nitrogen and oxygen atoms in total. The van der Waals surface area contributed by atoms with Crippen molar-refractivity contribution in [1.82, 2.24) is 5.32 Å². The number of halogens is 1. The van der Waals surface area contributed by atoms with Crippen molar-refractivity contribution in [3.8, 4) is 6.07 Å². The van der Waals surface area contributed by atoms with Gasteiger partial charge in [0.25, 0.3) is 17.5 Å². The number of rotatable bonds is 7. The van der Waals surface area contributed by atoms with Gasteiger partial charge in [-0.25, -0.2) is 0 Å². The number of aryl methyl sites for hydroxylation is 1. The quantitative estimate of drug-likeness (QED) is 0.261. The van der Waals surface area contributed by atoms with Gasteiger partial charge in [0, 0.05) is 16.5 Å². The minimum absolute atomic E-state index is 0.0573. The molecule has 0 saturated carbocycles. The van der Waals surface area contributed by atoms with E-state index in [4.69, 9.17) is 16.3 Å². The van der Waals surface area contributed by atoms with E-state index in [2.05, 4.69) is 16.7 Å². The maximum Gasteiger partial charge on any atom is 0.325 e. The average molecular weight is 491 g/mol. The van der Waals surface area contributed by atoms with E-state index in [-0.39, 0.29) is 10.6 Å². The molecule has 1 aromatic carbocycles. The average Bonchev–Trinajstić information content (AvgIpc) is 2.94. The predicted molar refractivity (Wildman–Crippen MR) is 120 cm³/mol. The second kappa shape index (κ2) is 10.9. The number of nitriles is 1. The van der Waals surface area contributed by atoms with Crippen molar-refractivity contribution in [2.24, 2.45) is 0 Å². The van der Waals surface area contributed by atoms with Gasteiger partial charge in [0.15, 0.2) is 6.61 Å². The van der Waals surface area contributed by atoms with E-state index < -0.39 is 41.5 Å². The smallest absolute Gasteiger partial charge is 0.325 e. The Labute approximate surface area is 197 Å². The molecule has 0 radical (unpaired) electrons. The van der Waals surface area contributed by atoms with Gasteiger partial charge in [-0.05, 0) is 43.4 Å². The van der Waals surface area contributed by atoms with Crippen molar-refractivity contribution in [2.45, 2.75) is 32.1 Å². The summed E-state index contributed by atoms with van der Waals surface area (Å²) in [7, 11) is 0. The monoisotopic (exact) mass is 490 g/mol. The summed E-state index contributed by atoms with van der Waals surface area (Å²) in [6.07, 6.45) is 4.82. The number of nitrogens with zero attached hydrogens (tertiary/aromatic N) is 2. The molecule has 172 valence electrons. The molecule has 0 unspecified atom stereocenters. The Morgan fingerprint density at radius 1 is 1.24 bits per heavy atom. The molecule has 0 saturated heterocycles. The van der Waals surface area contributed by atoms with Gasteiger partial charge in [-0.1, -0.05) is 18.0 Å². The Balaban J connectivity index is 1.50. The van der Waals surface area contributed by atoms with Gasteiger partial charge < -0.3 is 15.4 Å². The summed E-state index contributed by atoms with van der Waals surface area (Å²) < 4.78 is 4.87. The first-order valence-corrected chi connectivity index (χ1v) is 11.2. The fraction of sp³-hybridized carbons (Fsp3) is 0.333. The molecule has 12 heteroatoms. The first-order valence-electron chi connectivity index (χ1n) is 10.0. The van der Waals surface area contributed by atoms with Crippen LogP contribution in [0.2, 0.25) is 5.02 Å². The van der Waals surface area contributed by atoms with Crippen LogP contribution in [-0.2, 0) is 27.2 Å². The molecule has 1 aliphatic carbocycles. The number of hydrogen-bond donors (Lipinski definition) is 2. The van der Waals surface area contributed by atoms with Crippen LogP contribution >= 0.6 is 22.9 Å². The van der Waals surface area contributed by atoms with E-state index >= 15 is 0 Å². The van der Waals surface area contributed by atoms with Crippen molar-refractivity contribution in [1.29, 1.82) is 5.26 Å². The van der Waals surface area contributed by atoms with Crippen LogP contribution in [0, 0.1) is 21.4 Å². The molecule has 0 spiro atoms. The van der Waals surface area contributed by atoms with Crippen molar-refractivity contribution >= 4 is 51.4 Å². The lowest BCUT2D eigenvalue weighted by atomic mass is 10.1. The van der Waals surface area contributed by atoms with E-state index in [1.54, 1.807) is 0 Å². The number of thiophene rings is 1. The third-order valence-corrected chi connectivity index (χ3v) is 6.48. The molecule has 1 aliphatic rings. The minimum atomic E-state index is -0.871. The number of nitro groups is 1. The predicted octanol–water partition coefficient (Wildman–Crippen LogP) is 3.36. The van der Waals surface area contributed by atoms with E-state index in [1.807, 2.05) is 0 Å². The van der Waals surface area contributed by atoms with Crippen LogP contribution in [0.25, 0.3) is 0 Å². The highest BCUT2D eigenvalue weighted by Crippen LogP contribution is 2.36. The molecule has 33 heavy (non-hydrogen) atoms. The van der Waals surface area contributed by atoms with Crippen molar-refractivity contribution in [2.75, 3.05) is 18.5 Å². The summed E-state index contributed by atoms with van der Waals surface area (Å²) in [4.78, 5) is 47.5. The zero-order valence-electron chi connectivity index (χ0n) is 17.3. The Bertz CT molecular complexity index is 1160. The molecule has 0 fully saturated rings. The van der Waals surface area contributed by atoms with Gasteiger partial charge in [-0.15, -0.1) is 11.3 Å². The largest absolute Gasteiger partial charge is 0.454 e. The lowest BCUT2D eigenvalue weighted by Gasteiger charge is -2.07. The first-order chi connectivity index (χ1) is 15.8. The lowest BCUT2D eigenvalue weighted by molar-refractivity contribution is -0.384. The highest BCUT2D eigenvalue weighted by molar-refractivity contribution is 7.16. The topological polar surface area (TPSA) is 151 Å². The third-order valence-electron chi connectivity index (χ3n) is 4.95. The van der Waals surface area contributed by atoms with Crippen molar-refractivity contribution in [3.63, 3.8) is 0 Å². The number of amides is 2. The maximum atomic E-state index is 12.2. The summed E-state index contributed by atoms with van der Waals surface area (Å²) in [5, 5.41) is 25.6. The summed E-state index contributed by atoms with van der Waals surface area (Å²) >= 11 is 7.07. The molecular weight excluding hydrogens is 472 g/mol. The first kappa shape index (κ1) is 24.2. The molecule has 0 aliphatic heterocycles. The van der Waals surface area contributed by atoms with Crippen molar-refractivity contribution in [3.05, 3.63) is 54.9 Å². The number of carbonyl (C=O) groups is 3. The van der Waals surface area contributed by atoms with Crippen LogP contribution in [0.1, 0.15) is 45.6 Å². The SMILES string of the molecule is N#Cc1c(NC(=O)COC(=O)CNC(=O)c2ccc(Cl)c([N+](=O)[O-])c2)sc2c1CCCCC2. The van der Waals surface area contributed by atoms with Crippen LogP contribution in [0.15, 0.2) is 18.2 Å². The number of esters is 1. The normalized spacial score (nSPS) is 12.6. The molecule has 2 aromatic rings. The molecule has 1 heterocycles. The Morgan fingerprint density at radius 2 is 2.00 bits per heavy atom. The van der Waals surface area contributed by atoms with Gasteiger partial charge >= 0.3 is 5.97 Å². The minimum Gasteiger partial charge on any atom is -0.454 e. The van der Waals surface area contributed by atoms with E-state index in [0.717, 1.165) is 48.6 Å². The summed E-state index contributed by atoms with van der Waals surface area (Å²) in [5.41, 5.74) is 0.947. The zero-order valence-corrected chi connectivity index (χ0v) is 18.9. The summed E-state index contributed by atoms with van der Waals surface area (Å²) in [5.74, 6) is -2.21. The Kier molecular flexibility index (Phi) is 7.97. The molecule has 0 atom stereocenters. The molecule has 2 N–H and O–H groups in total. The second-order valence-corrected chi connectivity index (χ2v) is 8.71. The second-order valence-electron chi connectivity index (χ2n) is 7.20. The Hall–Kier alpha value is -3.49. The van der Waals surface area contributed by atoms with Crippen LogP contribution < -0.4 is 10.6 Å². The number of ether oxygens (including phenoxy) is 1. The fourth-order valence-corrected chi connectivity index (χ4v) is 4.80.